The smallest absolute Gasteiger partial charge is 0.105 e. The van der Waals surface area contributed by atoms with E-state index in [0.29, 0.717) is 5.92 Å². The van der Waals surface area contributed by atoms with Crippen LogP contribution in [0.4, 0.5) is 14.6 Å². The SMILES string of the molecule is FN(F)c1ccc(CC2CCNCC2)cc1. The Hall–Kier alpha value is -1.16. The quantitative estimate of drug-likeness (QED) is 0.797. The Kier molecular flexibility index (Phi) is 3.72. The number of anilines is 1. The summed E-state index contributed by atoms with van der Waals surface area (Å²) in [6.45, 7) is 2.15. The second kappa shape index (κ2) is 5.25. The number of hydrogen-bond acceptors (Lipinski definition) is 2. The van der Waals surface area contributed by atoms with Gasteiger partial charge >= 0.3 is 0 Å². The Balaban J connectivity index is 1.93. The van der Waals surface area contributed by atoms with E-state index < -0.39 is 5.34 Å². The molecule has 0 aliphatic carbocycles. The van der Waals surface area contributed by atoms with Gasteiger partial charge in [0.05, 0.1) is 0 Å². The van der Waals surface area contributed by atoms with Crippen molar-refractivity contribution in [2.45, 2.75) is 19.3 Å². The number of rotatable bonds is 3. The average molecular weight is 226 g/mol. The molecule has 0 radical (unpaired) electrons. The minimum Gasteiger partial charge on any atom is -0.317 e. The van der Waals surface area contributed by atoms with Crippen molar-refractivity contribution in [1.29, 1.82) is 0 Å². The summed E-state index contributed by atoms with van der Waals surface area (Å²) in [4.78, 5) is 0. The molecule has 4 heteroatoms. The summed E-state index contributed by atoms with van der Waals surface area (Å²) in [5.41, 5.74) is 1.10. The summed E-state index contributed by atoms with van der Waals surface area (Å²) in [5.74, 6) is 0.693. The highest BCUT2D eigenvalue weighted by atomic mass is 19.4. The Morgan fingerprint density at radius 2 is 1.75 bits per heavy atom. The first-order valence-electron chi connectivity index (χ1n) is 5.67. The van der Waals surface area contributed by atoms with Crippen LogP contribution < -0.4 is 10.7 Å². The van der Waals surface area contributed by atoms with Gasteiger partial charge in [-0.25, -0.2) is 0 Å². The zero-order valence-corrected chi connectivity index (χ0v) is 9.13. The van der Waals surface area contributed by atoms with E-state index in [1.54, 1.807) is 12.1 Å². The molecule has 0 aromatic heterocycles. The predicted molar refractivity (Wildman–Crippen MR) is 60.4 cm³/mol. The van der Waals surface area contributed by atoms with Crippen LogP contribution in [0, 0.1) is 5.92 Å². The van der Waals surface area contributed by atoms with Crippen molar-refractivity contribution in [2.24, 2.45) is 5.92 Å². The zero-order valence-electron chi connectivity index (χ0n) is 9.13. The summed E-state index contributed by atoms with van der Waals surface area (Å²) >= 11 is 0. The maximum Gasteiger partial charge on any atom is 0.105 e. The van der Waals surface area contributed by atoms with Crippen molar-refractivity contribution in [3.63, 3.8) is 0 Å². The lowest BCUT2D eigenvalue weighted by molar-refractivity contribution is 0.235. The van der Waals surface area contributed by atoms with Crippen LogP contribution >= 0.6 is 0 Å². The number of piperidine rings is 1. The van der Waals surface area contributed by atoms with Crippen molar-refractivity contribution >= 4 is 5.69 Å². The van der Waals surface area contributed by atoms with Crippen molar-refractivity contribution in [3.8, 4) is 0 Å². The monoisotopic (exact) mass is 226 g/mol. The molecule has 1 heterocycles. The van der Waals surface area contributed by atoms with Crippen LogP contribution in [0.1, 0.15) is 18.4 Å². The molecule has 0 saturated carbocycles. The third-order valence-electron chi connectivity index (χ3n) is 3.11. The van der Waals surface area contributed by atoms with Gasteiger partial charge in [0.25, 0.3) is 0 Å². The molecule has 16 heavy (non-hydrogen) atoms. The number of halogens is 2. The van der Waals surface area contributed by atoms with E-state index in [1.807, 2.05) is 0 Å². The van der Waals surface area contributed by atoms with Crippen LogP contribution in [0.15, 0.2) is 24.3 Å². The van der Waals surface area contributed by atoms with Crippen LogP contribution in [-0.4, -0.2) is 13.1 Å². The molecule has 1 aromatic carbocycles. The number of nitrogens with zero attached hydrogens (tertiary/aromatic N) is 1. The second-order valence-corrected chi connectivity index (χ2v) is 4.30. The molecule has 0 amide bonds. The molecule has 0 bridgehead atoms. The van der Waals surface area contributed by atoms with Crippen molar-refractivity contribution < 1.29 is 8.96 Å². The van der Waals surface area contributed by atoms with E-state index in [9.17, 15) is 8.96 Å². The molecule has 0 atom stereocenters. The fraction of sp³-hybridized carbons (Fsp3) is 0.500. The van der Waals surface area contributed by atoms with Crippen LogP contribution in [0.3, 0.4) is 0 Å². The molecule has 2 nitrogen and oxygen atoms in total. The normalized spacial score (nSPS) is 17.4. The summed E-state index contributed by atoms with van der Waals surface area (Å²) in [6, 6.07) is 6.53. The highest BCUT2D eigenvalue weighted by molar-refractivity contribution is 5.42. The maximum absolute atomic E-state index is 12.2. The lowest BCUT2D eigenvalue weighted by Gasteiger charge is -2.22. The molecule has 0 unspecified atom stereocenters. The second-order valence-electron chi connectivity index (χ2n) is 4.30. The lowest BCUT2D eigenvalue weighted by atomic mass is 9.91. The first-order valence-corrected chi connectivity index (χ1v) is 5.67. The van der Waals surface area contributed by atoms with E-state index >= 15 is 0 Å². The van der Waals surface area contributed by atoms with Crippen LogP contribution in [0.5, 0.6) is 0 Å². The number of benzene rings is 1. The van der Waals surface area contributed by atoms with Gasteiger partial charge in [0.1, 0.15) is 5.69 Å². The summed E-state index contributed by atoms with van der Waals surface area (Å²) in [6.07, 6.45) is 3.36. The summed E-state index contributed by atoms with van der Waals surface area (Å²) in [7, 11) is 0. The minimum absolute atomic E-state index is 0.0472. The largest absolute Gasteiger partial charge is 0.317 e. The highest BCUT2D eigenvalue weighted by Gasteiger charge is 2.13. The van der Waals surface area contributed by atoms with Crippen LogP contribution in [0.2, 0.25) is 0 Å². The molecule has 1 aromatic rings. The average Bonchev–Trinajstić information content (AvgIpc) is 2.31. The third-order valence-corrected chi connectivity index (χ3v) is 3.11. The molecule has 2 rings (SSSR count). The number of hydrogen-bond donors (Lipinski definition) is 1. The summed E-state index contributed by atoms with van der Waals surface area (Å²) < 4.78 is 24.4. The van der Waals surface area contributed by atoms with Crippen LogP contribution in [-0.2, 0) is 6.42 Å². The Morgan fingerprint density at radius 1 is 1.12 bits per heavy atom. The Morgan fingerprint density at radius 3 is 2.31 bits per heavy atom. The molecular formula is C12H16F2N2. The fourth-order valence-corrected chi connectivity index (χ4v) is 2.16. The van der Waals surface area contributed by atoms with E-state index in [4.69, 9.17) is 0 Å². The van der Waals surface area contributed by atoms with Gasteiger partial charge in [-0.1, -0.05) is 21.1 Å². The van der Waals surface area contributed by atoms with E-state index in [2.05, 4.69) is 5.32 Å². The summed E-state index contributed by atoms with van der Waals surface area (Å²) in [5, 5.41) is 2.47. The van der Waals surface area contributed by atoms with Gasteiger partial charge in [0.2, 0.25) is 0 Å². The molecular weight excluding hydrogens is 210 g/mol. The topological polar surface area (TPSA) is 15.3 Å². The minimum atomic E-state index is -0.853. The first-order chi connectivity index (χ1) is 7.75. The van der Waals surface area contributed by atoms with Gasteiger partial charge in [-0.05, 0) is 61.3 Å². The van der Waals surface area contributed by atoms with Gasteiger partial charge in [0.15, 0.2) is 0 Å². The fourth-order valence-electron chi connectivity index (χ4n) is 2.16. The third kappa shape index (κ3) is 2.92. The molecule has 1 aliphatic heterocycles. The van der Waals surface area contributed by atoms with Gasteiger partial charge in [-0.15, -0.1) is 0 Å². The van der Waals surface area contributed by atoms with Crippen molar-refractivity contribution in [1.82, 2.24) is 5.32 Å². The van der Waals surface area contributed by atoms with E-state index in [1.165, 1.54) is 25.0 Å². The maximum atomic E-state index is 12.2. The van der Waals surface area contributed by atoms with Gasteiger partial charge in [0, 0.05) is 0 Å². The van der Waals surface area contributed by atoms with Crippen molar-refractivity contribution in [3.05, 3.63) is 29.8 Å². The molecule has 1 N–H and O–H groups in total. The first kappa shape index (κ1) is 11.3. The molecule has 1 fully saturated rings. The van der Waals surface area contributed by atoms with E-state index in [-0.39, 0.29) is 5.69 Å². The highest BCUT2D eigenvalue weighted by Crippen LogP contribution is 2.21. The van der Waals surface area contributed by atoms with Gasteiger partial charge < -0.3 is 5.32 Å². The van der Waals surface area contributed by atoms with E-state index in [0.717, 1.165) is 25.1 Å². The molecule has 0 spiro atoms. The van der Waals surface area contributed by atoms with Gasteiger partial charge in [-0.3, -0.25) is 0 Å². The number of nitrogens with one attached hydrogen (secondary N) is 1. The van der Waals surface area contributed by atoms with Gasteiger partial charge in [-0.2, -0.15) is 0 Å². The van der Waals surface area contributed by atoms with Crippen molar-refractivity contribution in [2.75, 3.05) is 18.4 Å². The molecule has 1 aliphatic rings. The lowest BCUT2D eigenvalue weighted by Crippen LogP contribution is -2.28. The molecule has 1 saturated heterocycles. The Bertz CT molecular complexity index is 318. The Labute approximate surface area is 94.1 Å². The molecule has 88 valence electrons. The standard InChI is InChI=1S/C12H16F2N2/c13-16(14)12-3-1-10(2-4-12)9-11-5-7-15-8-6-11/h1-4,11,15H,5-9H2. The van der Waals surface area contributed by atoms with Crippen LogP contribution in [0.25, 0.3) is 0 Å². The predicted octanol–water partition coefficient (Wildman–Crippen LogP) is 2.80. The zero-order chi connectivity index (χ0) is 11.4.